The van der Waals surface area contributed by atoms with Gasteiger partial charge in [-0.05, 0) is 19.9 Å². The van der Waals surface area contributed by atoms with E-state index in [2.05, 4.69) is 18.9 Å². The Bertz CT molecular complexity index is 230. The van der Waals surface area contributed by atoms with Crippen LogP contribution in [0, 0.1) is 5.92 Å². The summed E-state index contributed by atoms with van der Waals surface area (Å²) in [6, 6.07) is 0.0858. The number of likely N-dealkylation sites (N-methyl/N-ethyl adjacent to an activating group) is 1. The van der Waals surface area contributed by atoms with Crippen LogP contribution in [0.4, 0.5) is 0 Å². The van der Waals surface area contributed by atoms with Gasteiger partial charge in [0.1, 0.15) is 0 Å². The zero-order chi connectivity index (χ0) is 11.6. The summed E-state index contributed by atoms with van der Waals surface area (Å²) in [6.45, 7) is 8.66. The molecule has 4 nitrogen and oxygen atoms in total. The van der Waals surface area contributed by atoms with Crippen molar-refractivity contribution >= 4 is 5.91 Å². The van der Waals surface area contributed by atoms with Gasteiger partial charge in [0, 0.05) is 25.7 Å². The maximum absolute atomic E-state index is 12.0. The molecule has 88 valence electrons. The molecule has 1 amide bonds. The van der Waals surface area contributed by atoms with Gasteiger partial charge in [0.2, 0.25) is 5.91 Å². The van der Waals surface area contributed by atoms with E-state index in [0.717, 1.165) is 19.6 Å². The van der Waals surface area contributed by atoms with Crippen LogP contribution in [0.5, 0.6) is 0 Å². The summed E-state index contributed by atoms with van der Waals surface area (Å²) in [7, 11) is 2.09. The highest BCUT2D eigenvalue weighted by Gasteiger charge is 2.28. The quantitative estimate of drug-likeness (QED) is 0.709. The summed E-state index contributed by atoms with van der Waals surface area (Å²) < 4.78 is 0. The Morgan fingerprint density at radius 3 is 2.47 bits per heavy atom. The van der Waals surface area contributed by atoms with Crippen molar-refractivity contribution in [1.29, 1.82) is 0 Å². The summed E-state index contributed by atoms with van der Waals surface area (Å²) in [5.74, 6) is 0.317. The predicted octanol–water partition coefficient (Wildman–Crippen LogP) is 0.132. The summed E-state index contributed by atoms with van der Waals surface area (Å²) in [6.07, 6.45) is 0. The van der Waals surface area contributed by atoms with Crippen molar-refractivity contribution in [3.05, 3.63) is 0 Å². The number of piperazine rings is 1. The SMILES string of the molecule is CC(C)C(N)C(=O)N1CCN(C)C(C)C1. The van der Waals surface area contributed by atoms with Crippen molar-refractivity contribution in [3.63, 3.8) is 0 Å². The van der Waals surface area contributed by atoms with Gasteiger partial charge in [-0.15, -0.1) is 0 Å². The maximum atomic E-state index is 12.0. The van der Waals surface area contributed by atoms with Crippen LogP contribution in [-0.2, 0) is 4.79 Å². The molecule has 1 aliphatic heterocycles. The van der Waals surface area contributed by atoms with E-state index in [1.165, 1.54) is 0 Å². The topological polar surface area (TPSA) is 49.6 Å². The molecule has 0 bridgehead atoms. The van der Waals surface area contributed by atoms with Crippen LogP contribution in [0.1, 0.15) is 20.8 Å². The highest BCUT2D eigenvalue weighted by atomic mass is 16.2. The highest BCUT2D eigenvalue weighted by molar-refractivity contribution is 5.82. The lowest BCUT2D eigenvalue weighted by atomic mass is 10.0. The molecule has 0 aliphatic carbocycles. The number of rotatable bonds is 2. The molecule has 0 radical (unpaired) electrons. The number of hydrogen-bond donors (Lipinski definition) is 1. The molecule has 0 aromatic rings. The fourth-order valence-corrected chi connectivity index (χ4v) is 1.74. The smallest absolute Gasteiger partial charge is 0.239 e. The molecule has 1 saturated heterocycles. The summed E-state index contributed by atoms with van der Waals surface area (Å²) in [4.78, 5) is 16.1. The lowest BCUT2D eigenvalue weighted by Gasteiger charge is -2.39. The third-order valence-electron chi connectivity index (χ3n) is 3.27. The Kier molecular flexibility index (Phi) is 4.11. The number of nitrogens with zero attached hydrogens (tertiary/aromatic N) is 2. The van der Waals surface area contributed by atoms with Crippen LogP contribution in [0.2, 0.25) is 0 Å². The van der Waals surface area contributed by atoms with Crippen LogP contribution >= 0.6 is 0 Å². The lowest BCUT2D eigenvalue weighted by molar-refractivity contribution is -0.136. The standard InChI is InChI=1S/C11H23N3O/c1-8(2)10(12)11(15)14-6-5-13(4)9(3)7-14/h8-10H,5-7,12H2,1-4H3. The molecular weight excluding hydrogens is 190 g/mol. The monoisotopic (exact) mass is 213 g/mol. The molecule has 4 heteroatoms. The summed E-state index contributed by atoms with van der Waals surface area (Å²) in [5.41, 5.74) is 5.87. The molecule has 15 heavy (non-hydrogen) atoms. The second-order valence-electron chi connectivity index (χ2n) is 4.88. The van der Waals surface area contributed by atoms with Gasteiger partial charge in [0.15, 0.2) is 0 Å². The van der Waals surface area contributed by atoms with E-state index >= 15 is 0 Å². The zero-order valence-electron chi connectivity index (χ0n) is 10.2. The third kappa shape index (κ3) is 2.92. The normalized spacial score (nSPS) is 25.7. The number of hydrogen-bond acceptors (Lipinski definition) is 3. The molecule has 0 aromatic heterocycles. The number of carbonyl (C=O) groups is 1. The number of amides is 1. The lowest BCUT2D eigenvalue weighted by Crippen LogP contribution is -2.56. The van der Waals surface area contributed by atoms with Gasteiger partial charge in [0.05, 0.1) is 6.04 Å². The first-order chi connectivity index (χ1) is 6.93. The van der Waals surface area contributed by atoms with Gasteiger partial charge in [-0.3, -0.25) is 4.79 Å². The molecule has 1 fully saturated rings. The molecular formula is C11H23N3O. The van der Waals surface area contributed by atoms with Crippen molar-refractivity contribution in [2.45, 2.75) is 32.9 Å². The van der Waals surface area contributed by atoms with Gasteiger partial charge in [-0.25, -0.2) is 0 Å². The van der Waals surface area contributed by atoms with Crippen LogP contribution in [0.25, 0.3) is 0 Å². The molecule has 0 saturated carbocycles. The van der Waals surface area contributed by atoms with Gasteiger partial charge in [-0.2, -0.15) is 0 Å². The highest BCUT2D eigenvalue weighted by Crippen LogP contribution is 2.10. The molecule has 2 atom stereocenters. The fraction of sp³-hybridized carbons (Fsp3) is 0.909. The third-order valence-corrected chi connectivity index (χ3v) is 3.27. The summed E-state index contributed by atoms with van der Waals surface area (Å²) >= 11 is 0. The largest absolute Gasteiger partial charge is 0.339 e. The van der Waals surface area contributed by atoms with Crippen molar-refractivity contribution in [3.8, 4) is 0 Å². The Morgan fingerprint density at radius 2 is 2.00 bits per heavy atom. The van der Waals surface area contributed by atoms with Crippen molar-refractivity contribution in [2.75, 3.05) is 26.7 Å². The van der Waals surface area contributed by atoms with Crippen LogP contribution in [0.3, 0.4) is 0 Å². The molecule has 1 heterocycles. The Hall–Kier alpha value is -0.610. The Morgan fingerprint density at radius 1 is 1.40 bits per heavy atom. The van der Waals surface area contributed by atoms with Gasteiger partial charge >= 0.3 is 0 Å². The molecule has 1 aliphatic rings. The second-order valence-corrected chi connectivity index (χ2v) is 4.88. The van der Waals surface area contributed by atoms with E-state index < -0.39 is 0 Å². The number of nitrogens with two attached hydrogens (primary N) is 1. The molecule has 0 spiro atoms. The molecule has 0 aromatic carbocycles. The van der Waals surface area contributed by atoms with Crippen LogP contribution in [-0.4, -0.2) is 54.5 Å². The van der Waals surface area contributed by atoms with Crippen LogP contribution in [0.15, 0.2) is 0 Å². The van der Waals surface area contributed by atoms with E-state index in [4.69, 9.17) is 5.73 Å². The minimum absolute atomic E-state index is 0.102. The first kappa shape index (κ1) is 12.5. The van der Waals surface area contributed by atoms with E-state index in [1.54, 1.807) is 0 Å². The maximum Gasteiger partial charge on any atom is 0.239 e. The number of carbonyl (C=O) groups excluding carboxylic acids is 1. The summed E-state index contributed by atoms with van der Waals surface area (Å²) in [5, 5.41) is 0. The predicted molar refractivity (Wildman–Crippen MR) is 61.5 cm³/mol. The van der Waals surface area contributed by atoms with E-state index in [-0.39, 0.29) is 17.9 Å². The van der Waals surface area contributed by atoms with Crippen molar-refractivity contribution < 1.29 is 4.79 Å². The average Bonchev–Trinajstić information content (AvgIpc) is 2.19. The van der Waals surface area contributed by atoms with E-state index in [9.17, 15) is 4.79 Å². The van der Waals surface area contributed by atoms with E-state index in [1.807, 2.05) is 18.7 Å². The van der Waals surface area contributed by atoms with Crippen molar-refractivity contribution in [2.24, 2.45) is 11.7 Å². The zero-order valence-corrected chi connectivity index (χ0v) is 10.2. The van der Waals surface area contributed by atoms with E-state index in [0.29, 0.717) is 6.04 Å². The van der Waals surface area contributed by atoms with Crippen LogP contribution < -0.4 is 5.73 Å². The first-order valence-corrected chi connectivity index (χ1v) is 5.68. The van der Waals surface area contributed by atoms with Gasteiger partial charge in [-0.1, -0.05) is 13.8 Å². The molecule has 1 rings (SSSR count). The minimum atomic E-state index is -0.347. The second kappa shape index (κ2) is 4.94. The Balaban J connectivity index is 2.54. The first-order valence-electron chi connectivity index (χ1n) is 5.68. The minimum Gasteiger partial charge on any atom is -0.339 e. The average molecular weight is 213 g/mol. The van der Waals surface area contributed by atoms with Gasteiger partial charge < -0.3 is 15.5 Å². The Labute approximate surface area is 92.4 Å². The molecule has 2 N–H and O–H groups in total. The molecule has 2 unspecified atom stereocenters. The fourth-order valence-electron chi connectivity index (χ4n) is 1.74. The van der Waals surface area contributed by atoms with Crippen molar-refractivity contribution in [1.82, 2.24) is 9.80 Å². The van der Waals surface area contributed by atoms with Gasteiger partial charge in [0.25, 0.3) is 0 Å².